The normalized spacial score (nSPS) is 12.0. The molecule has 0 fully saturated rings. The first kappa shape index (κ1) is 50.8. The maximum absolute atomic E-state index is 7.16. The molecule has 15 aromatic carbocycles. The quantitative estimate of drug-likeness (QED) is 0.144. The maximum atomic E-state index is 7.16. The largest absolute Gasteiger partial charge is 0.456 e. The molecule has 4 nitrogen and oxygen atoms in total. The summed E-state index contributed by atoms with van der Waals surface area (Å²) in [5.74, 6) is 0. The standard InChI is InChI=1S/C84H50N2O2S2/c1-4-22-57(23-5-1)85(58-24-6-2-7-25-58)60-38-42-75-73(50-60)81-64-29-15-13-21-54(64)46-72(82(81)88-75)67-31-16-30-65-66-32-17-33-74(84(66)90-83(65)67)86(59-26-8-3-9-27-59)61-37-40-62(55-36-43-78-70(45-55)71-44-52-19-10-11-20-53(52)48-79(71)89-78)69(49-61)56-34-39-68-77(47-56)87-76-41-35-51-18-12-14-28-63(51)80(68)76/h1-50H. The molecule has 0 unspecified atom stereocenters. The highest BCUT2D eigenvalue weighted by atomic mass is 32.1. The van der Waals surface area contributed by atoms with Crippen molar-refractivity contribution in [1.82, 2.24) is 0 Å². The number of anilines is 6. The molecule has 90 heavy (non-hydrogen) atoms. The minimum Gasteiger partial charge on any atom is -0.456 e. The third-order valence-electron chi connectivity index (χ3n) is 18.4. The molecule has 4 heterocycles. The summed E-state index contributed by atoms with van der Waals surface area (Å²) >= 11 is 3.72. The van der Waals surface area contributed by atoms with E-state index in [1.54, 1.807) is 0 Å². The SMILES string of the molecule is c1ccc(N(c2ccccc2)c2ccc3oc4c(-c5cccc6c5sc5c(N(c7ccccc7)c7ccc(-c8ccc9sc%10cc%11ccccc%11cc%10c9c8)c(-c8ccc9c(c8)oc8ccc%10ccccc%10c89)c7)cccc56)cc5ccccc5c4c3c2)cc1. The van der Waals surface area contributed by atoms with E-state index in [0.717, 1.165) is 122 Å². The van der Waals surface area contributed by atoms with Crippen LogP contribution in [0.5, 0.6) is 0 Å². The number of para-hydroxylation sites is 3. The molecule has 0 N–H and O–H groups in total. The van der Waals surface area contributed by atoms with Gasteiger partial charge < -0.3 is 18.6 Å². The van der Waals surface area contributed by atoms with E-state index in [1.165, 1.54) is 61.9 Å². The molecule has 0 atom stereocenters. The minimum absolute atomic E-state index is 0.850. The summed E-state index contributed by atoms with van der Waals surface area (Å²) < 4.78 is 19.0. The zero-order valence-corrected chi connectivity index (χ0v) is 50.0. The summed E-state index contributed by atoms with van der Waals surface area (Å²) in [7, 11) is 0. The van der Waals surface area contributed by atoms with Gasteiger partial charge in [-0.15, -0.1) is 22.7 Å². The first-order chi connectivity index (χ1) is 44.6. The van der Waals surface area contributed by atoms with Crippen molar-refractivity contribution < 1.29 is 8.83 Å². The van der Waals surface area contributed by atoms with E-state index in [4.69, 9.17) is 8.83 Å². The molecule has 0 aliphatic rings. The first-order valence-corrected chi connectivity index (χ1v) is 32.2. The summed E-state index contributed by atoms with van der Waals surface area (Å²) in [4.78, 5) is 4.78. The van der Waals surface area contributed by atoms with Gasteiger partial charge in [0.2, 0.25) is 0 Å². The zero-order chi connectivity index (χ0) is 59.0. The average Bonchev–Trinajstić information content (AvgIpc) is 1.61. The highest BCUT2D eigenvalue weighted by Crippen LogP contribution is 2.52. The maximum Gasteiger partial charge on any atom is 0.143 e. The lowest BCUT2D eigenvalue weighted by molar-refractivity contribution is 0.669. The van der Waals surface area contributed by atoms with E-state index in [-0.39, 0.29) is 0 Å². The minimum atomic E-state index is 0.850. The van der Waals surface area contributed by atoms with Gasteiger partial charge in [-0.25, -0.2) is 0 Å². The lowest BCUT2D eigenvalue weighted by atomic mass is 9.92. The van der Waals surface area contributed by atoms with Crippen LogP contribution in [0, 0.1) is 0 Å². The fraction of sp³-hybridized carbons (Fsp3) is 0. The third-order valence-corrected chi connectivity index (χ3v) is 20.8. The van der Waals surface area contributed by atoms with Crippen LogP contribution in [0.25, 0.3) is 150 Å². The molecule has 0 aliphatic heterocycles. The Bertz CT molecular complexity index is 6080. The van der Waals surface area contributed by atoms with E-state index >= 15 is 0 Å². The second kappa shape index (κ2) is 20.1. The van der Waals surface area contributed by atoms with E-state index < -0.39 is 0 Å². The fourth-order valence-corrected chi connectivity index (χ4v) is 16.7. The van der Waals surface area contributed by atoms with Crippen molar-refractivity contribution in [1.29, 1.82) is 0 Å². The third kappa shape index (κ3) is 7.98. The van der Waals surface area contributed by atoms with E-state index in [2.05, 4.69) is 313 Å². The second-order valence-electron chi connectivity index (χ2n) is 23.5. The number of benzene rings is 15. The number of hydrogen-bond acceptors (Lipinski definition) is 6. The van der Waals surface area contributed by atoms with Crippen LogP contribution >= 0.6 is 22.7 Å². The van der Waals surface area contributed by atoms with Crippen molar-refractivity contribution in [2.45, 2.75) is 0 Å². The van der Waals surface area contributed by atoms with Crippen molar-refractivity contribution >= 4 is 173 Å². The molecular weight excluding hydrogens is 1130 g/mol. The first-order valence-electron chi connectivity index (χ1n) is 30.5. The summed E-state index contributed by atoms with van der Waals surface area (Å²) in [6.45, 7) is 0. The highest BCUT2D eigenvalue weighted by Gasteiger charge is 2.25. The lowest BCUT2D eigenvalue weighted by Crippen LogP contribution is -2.10. The highest BCUT2D eigenvalue weighted by molar-refractivity contribution is 7.27. The van der Waals surface area contributed by atoms with Crippen LogP contribution in [0.1, 0.15) is 0 Å². The molecule has 6 heteroatoms. The molecule has 0 aliphatic carbocycles. The van der Waals surface area contributed by atoms with Crippen LogP contribution in [0.4, 0.5) is 34.1 Å². The van der Waals surface area contributed by atoms with Gasteiger partial charge in [0.25, 0.3) is 0 Å². The van der Waals surface area contributed by atoms with Crippen molar-refractivity contribution in [2.75, 3.05) is 9.80 Å². The van der Waals surface area contributed by atoms with Gasteiger partial charge >= 0.3 is 0 Å². The molecule has 0 amide bonds. The van der Waals surface area contributed by atoms with Gasteiger partial charge in [0.15, 0.2) is 0 Å². The summed E-state index contributed by atoms with van der Waals surface area (Å²) in [5.41, 5.74) is 16.6. The van der Waals surface area contributed by atoms with E-state index in [9.17, 15) is 0 Å². The molecular formula is C84H50N2O2S2. The van der Waals surface area contributed by atoms with Crippen LogP contribution in [0.3, 0.4) is 0 Å². The number of rotatable bonds is 9. The van der Waals surface area contributed by atoms with Crippen molar-refractivity contribution in [3.63, 3.8) is 0 Å². The molecule has 0 bridgehead atoms. The van der Waals surface area contributed by atoms with Crippen LogP contribution < -0.4 is 9.80 Å². The van der Waals surface area contributed by atoms with Gasteiger partial charge in [-0.2, -0.15) is 0 Å². The predicted octanol–water partition coefficient (Wildman–Crippen LogP) is 25.6. The van der Waals surface area contributed by atoms with E-state index in [1.807, 2.05) is 22.7 Å². The number of fused-ring (bicyclic) bond motifs is 17. The van der Waals surface area contributed by atoms with Crippen molar-refractivity contribution in [3.05, 3.63) is 303 Å². The van der Waals surface area contributed by atoms with Crippen LogP contribution in [-0.2, 0) is 0 Å². The Morgan fingerprint density at radius 2 is 0.844 bits per heavy atom. The number of thiophene rings is 2. The summed E-state index contributed by atoms with van der Waals surface area (Å²) in [6.07, 6.45) is 0. The van der Waals surface area contributed by atoms with E-state index in [0.29, 0.717) is 0 Å². The number of furan rings is 2. The van der Waals surface area contributed by atoms with Crippen molar-refractivity contribution in [3.8, 4) is 33.4 Å². The summed E-state index contributed by atoms with van der Waals surface area (Å²) in [5, 5.41) is 16.6. The second-order valence-corrected chi connectivity index (χ2v) is 25.6. The van der Waals surface area contributed by atoms with Crippen LogP contribution in [0.15, 0.2) is 312 Å². The van der Waals surface area contributed by atoms with Gasteiger partial charge in [-0.1, -0.05) is 182 Å². The van der Waals surface area contributed by atoms with Gasteiger partial charge in [-0.05, 0) is 176 Å². The Labute approximate surface area is 525 Å². The fourth-order valence-electron chi connectivity index (χ4n) is 14.3. The molecule has 19 aromatic rings. The molecule has 0 saturated carbocycles. The van der Waals surface area contributed by atoms with Crippen LogP contribution in [-0.4, -0.2) is 0 Å². The monoisotopic (exact) mass is 1180 g/mol. The Morgan fingerprint density at radius 1 is 0.244 bits per heavy atom. The Kier molecular flexibility index (Phi) is 11.4. The smallest absolute Gasteiger partial charge is 0.143 e. The summed E-state index contributed by atoms with van der Waals surface area (Å²) in [6, 6.07) is 111. The molecule has 420 valence electrons. The Hall–Kier alpha value is -11.3. The number of hydrogen-bond donors (Lipinski definition) is 0. The van der Waals surface area contributed by atoms with Gasteiger partial charge in [0, 0.05) is 96.8 Å². The van der Waals surface area contributed by atoms with Gasteiger partial charge in [0.05, 0.1) is 10.4 Å². The van der Waals surface area contributed by atoms with Crippen molar-refractivity contribution in [2.24, 2.45) is 0 Å². The molecule has 0 radical (unpaired) electrons. The topological polar surface area (TPSA) is 32.8 Å². The number of nitrogens with zero attached hydrogens (tertiary/aromatic N) is 2. The molecule has 19 rings (SSSR count). The van der Waals surface area contributed by atoms with Crippen LogP contribution in [0.2, 0.25) is 0 Å². The molecule has 0 saturated heterocycles. The Morgan fingerprint density at radius 3 is 1.62 bits per heavy atom. The molecule has 0 spiro atoms. The van der Waals surface area contributed by atoms with Gasteiger partial charge in [0.1, 0.15) is 22.3 Å². The van der Waals surface area contributed by atoms with Gasteiger partial charge in [-0.3, -0.25) is 0 Å². The average molecular weight is 1180 g/mol. The Balaban J connectivity index is 0.802. The lowest BCUT2D eigenvalue weighted by Gasteiger charge is -2.27. The molecule has 4 aromatic heterocycles. The predicted molar refractivity (Wildman–Crippen MR) is 385 cm³/mol. The zero-order valence-electron chi connectivity index (χ0n) is 48.4.